The summed E-state index contributed by atoms with van der Waals surface area (Å²) in [4.78, 5) is 25.5. The van der Waals surface area contributed by atoms with Gasteiger partial charge in [-0.3, -0.25) is 4.79 Å². The van der Waals surface area contributed by atoms with Gasteiger partial charge in [-0.05, 0) is 12.1 Å². The molecule has 0 unspecified atom stereocenters. The number of alkyl halides is 2. The molecule has 1 aliphatic heterocycles. The Balaban J connectivity index is 2.40. The molecule has 25 heavy (non-hydrogen) atoms. The largest absolute Gasteiger partial charge is 0.466 e. The molecule has 2 rings (SSSR count). The average molecular weight is 377 g/mol. The van der Waals surface area contributed by atoms with Crippen molar-refractivity contribution in [1.29, 1.82) is 0 Å². The van der Waals surface area contributed by atoms with E-state index in [4.69, 9.17) is 16.7 Å². The van der Waals surface area contributed by atoms with E-state index in [1.165, 1.54) is 23.1 Å². The highest BCUT2D eigenvalue weighted by Crippen LogP contribution is 2.36. The van der Waals surface area contributed by atoms with Gasteiger partial charge in [0.05, 0.1) is 36.5 Å². The first-order valence-corrected chi connectivity index (χ1v) is 7.48. The second-order valence-electron chi connectivity index (χ2n) is 4.92. The molecule has 1 aromatic carbocycles. The molecule has 0 bridgehead atoms. The number of hydrogen-bond acceptors (Lipinski definition) is 6. The molecule has 1 amide bonds. The van der Waals surface area contributed by atoms with Gasteiger partial charge in [-0.15, -0.1) is 0 Å². The third-order valence-electron chi connectivity index (χ3n) is 3.39. The van der Waals surface area contributed by atoms with Gasteiger partial charge in [0, 0.05) is 6.54 Å². The van der Waals surface area contributed by atoms with E-state index in [1.807, 2.05) is 0 Å². The van der Waals surface area contributed by atoms with Gasteiger partial charge in [-0.1, -0.05) is 17.7 Å². The second kappa shape index (κ2) is 8.13. The summed E-state index contributed by atoms with van der Waals surface area (Å²) in [6.45, 7) is -3.51. The van der Waals surface area contributed by atoms with Crippen molar-refractivity contribution < 1.29 is 33.0 Å². The summed E-state index contributed by atoms with van der Waals surface area (Å²) in [7, 11) is 1.15. The van der Waals surface area contributed by atoms with Crippen LogP contribution in [0.5, 0.6) is 5.75 Å². The number of benzene rings is 1. The number of para-hydroxylation sites is 1. The predicted molar refractivity (Wildman–Crippen MR) is 84.4 cm³/mol. The Morgan fingerprint density at radius 3 is 2.80 bits per heavy atom. The first-order valence-electron chi connectivity index (χ1n) is 7.11. The Bertz CT molecular complexity index is 711. The van der Waals surface area contributed by atoms with Gasteiger partial charge in [0.2, 0.25) is 0 Å². The fourth-order valence-corrected chi connectivity index (χ4v) is 2.52. The van der Waals surface area contributed by atoms with Gasteiger partial charge in [0.25, 0.3) is 5.91 Å². The molecular formula is C15H15ClF2N2O5. The molecule has 0 saturated carbocycles. The zero-order valence-electron chi connectivity index (χ0n) is 13.1. The topological polar surface area (TPSA) is 88.1 Å². The maximum absolute atomic E-state index is 12.6. The number of β-amino-alcohol motifs (C(OH)–C–C–N with tert-alkyl or cyclic N) is 1. The lowest BCUT2D eigenvalue weighted by Gasteiger charge is -2.16. The van der Waals surface area contributed by atoms with Crippen LogP contribution >= 0.6 is 11.6 Å². The maximum Gasteiger partial charge on any atom is 0.387 e. The van der Waals surface area contributed by atoms with Crippen LogP contribution in [0.4, 0.5) is 14.5 Å². The first-order chi connectivity index (χ1) is 11.9. The maximum atomic E-state index is 12.6. The minimum Gasteiger partial charge on any atom is -0.466 e. The van der Waals surface area contributed by atoms with Crippen LogP contribution in [-0.2, 0) is 14.3 Å². The quantitative estimate of drug-likeness (QED) is 0.703. The van der Waals surface area contributed by atoms with E-state index in [9.17, 15) is 18.4 Å². The van der Waals surface area contributed by atoms with Gasteiger partial charge < -0.3 is 24.8 Å². The lowest BCUT2D eigenvalue weighted by atomic mass is 10.2. The van der Waals surface area contributed by atoms with Crippen LogP contribution in [0.2, 0.25) is 5.02 Å². The summed E-state index contributed by atoms with van der Waals surface area (Å²) in [5.41, 5.74) is -0.158. The van der Waals surface area contributed by atoms with E-state index < -0.39 is 18.5 Å². The molecule has 0 spiro atoms. The summed E-state index contributed by atoms with van der Waals surface area (Å²) in [6, 6.07) is 4.17. The van der Waals surface area contributed by atoms with E-state index in [0.717, 1.165) is 7.11 Å². The molecule has 0 fully saturated rings. The molecule has 1 aliphatic rings. The van der Waals surface area contributed by atoms with E-state index in [0.29, 0.717) is 0 Å². The number of esters is 1. The van der Waals surface area contributed by atoms with Crippen LogP contribution in [0.25, 0.3) is 0 Å². The molecule has 0 saturated heterocycles. The van der Waals surface area contributed by atoms with Crippen molar-refractivity contribution in [2.24, 2.45) is 0 Å². The number of ether oxygens (including phenoxy) is 2. The van der Waals surface area contributed by atoms with E-state index in [-0.39, 0.29) is 47.4 Å². The zero-order valence-corrected chi connectivity index (χ0v) is 13.8. The summed E-state index contributed by atoms with van der Waals surface area (Å²) >= 11 is 5.87. The van der Waals surface area contributed by atoms with Crippen molar-refractivity contribution >= 4 is 29.2 Å². The normalized spacial score (nSPS) is 14.3. The van der Waals surface area contributed by atoms with E-state index >= 15 is 0 Å². The van der Waals surface area contributed by atoms with Crippen molar-refractivity contribution in [3.05, 3.63) is 34.5 Å². The molecule has 7 nitrogen and oxygen atoms in total. The SMILES string of the molecule is COC(=O)C1=C(Nc2cccc(Cl)c2OC(F)F)C(=O)N(CCO)C1. The Kier molecular flexibility index (Phi) is 6.16. The summed E-state index contributed by atoms with van der Waals surface area (Å²) in [5.74, 6) is -1.70. The molecular weight excluding hydrogens is 362 g/mol. The highest BCUT2D eigenvalue weighted by Gasteiger charge is 2.35. The summed E-state index contributed by atoms with van der Waals surface area (Å²) < 4.78 is 34.2. The molecule has 2 N–H and O–H groups in total. The zero-order chi connectivity index (χ0) is 18.6. The Morgan fingerprint density at radius 1 is 1.48 bits per heavy atom. The number of aliphatic hydroxyl groups excluding tert-OH is 1. The van der Waals surface area contributed by atoms with Gasteiger partial charge in [-0.25, -0.2) is 4.79 Å². The number of anilines is 1. The minimum absolute atomic E-state index is 0.000441. The number of aliphatic hydroxyl groups is 1. The molecule has 1 heterocycles. The van der Waals surface area contributed by atoms with Crippen LogP contribution in [0, 0.1) is 0 Å². The number of nitrogens with zero attached hydrogens (tertiary/aromatic N) is 1. The van der Waals surface area contributed by atoms with Crippen molar-refractivity contribution in [2.75, 3.05) is 32.1 Å². The molecule has 0 aromatic heterocycles. The number of nitrogens with one attached hydrogen (secondary N) is 1. The lowest BCUT2D eigenvalue weighted by molar-refractivity contribution is -0.136. The van der Waals surface area contributed by atoms with Crippen LogP contribution in [0.15, 0.2) is 29.5 Å². The second-order valence-corrected chi connectivity index (χ2v) is 5.32. The molecule has 0 aliphatic carbocycles. The number of methoxy groups -OCH3 is 1. The van der Waals surface area contributed by atoms with Gasteiger partial charge in [0.1, 0.15) is 5.70 Å². The number of rotatable bonds is 7. The monoisotopic (exact) mass is 376 g/mol. The highest BCUT2D eigenvalue weighted by molar-refractivity contribution is 6.32. The standard InChI is InChI=1S/C15H15ClF2N2O5/c1-24-14(23)8-7-20(5-6-21)13(22)11(8)19-10-4-2-3-9(16)12(10)25-15(17)18/h2-4,15,19,21H,5-7H2,1H3. The van der Waals surface area contributed by atoms with Gasteiger partial charge in [0.15, 0.2) is 5.75 Å². The first kappa shape index (κ1) is 18.9. The Hall–Kier alpha value is -2.39. The van der Waals surface area contributed by atoms with Crippen LogP contribution < -0.4 is 10.1 Å². The predicted octanol–water partition coefficient (Wildman–Crippen LogP) is 1.61. The van der Waals surface area contributed by atoms with E-state index in [1.54, 1.807) is 0 Å². The third-order valence-corrected chi connectivity index (χ3v) is 3.68. The number of carbonyl (C=O) groups excluding carboxylic acids is 2. The van der Waals surface area contributed by atoms with Crippen LogP contribution in [-0.4, -0.2) is 55.3 Å². The smallest absolute Gasteiger partial charge is 0.387 e. The molecule has 136 valence electrons. The molecule has 1 aromatic rings. The summed E-state index contributed by atoms with van der Waals surface area (Å²) in [5, 5.41) is 11.5. The average Bonchev–Trinajstić information content (AvgIpc) is 2.87. The molecule has 10 heteroatoms. The lowest BCUT2D eigenvalue weighted by Crippen LogP contribution is -2.31. The number of carbonyl (C=O) groups is 2. The molecule has 0 radical (unpaired) electrons. The van der Waals surface area contributed by atoms with Crippen molar-refractivity contribution in [2.45, 2.75) is 6.61 Å². The fraction of sp³-hybridized carbons (Fsp3) is 0.333. The fourth-order valence-electron chi connectivity index (χ4n) is 2.30. The van der Waals surface area contributed by atoms with Crippen molar-refractivity contribution in [3.8, 4) is 5.75 Å². The van der Waals surface area contributed by atoms with Crippen molar-refractivity contribution in [1.82, 2.24) is 4.90 Å². The number of halogens is 3. The van der Waals surface area contributed by atoms with E-state index in [2.05, 4.69) is 14.8 Å². The minimum atomic E-state index is -3.13. The Labute approximate surface area is 146 Å². The number of amides is 1. The van der Waals surface area contributed by atoms with Gasteiger partial charge in [-0.2, -0.15) is 8.78 Å². The summed E-state index contributed by atoms with van der Waals surface area (Å²) in [6.07, 6.45) is 0. The van der Waals surface area contributed by atoms with Crippen LogP contribution in [0.1, 0.15) is 0 Å². The van der Waals surface area contributed by atoms with Crippen LogP contribution in [0.3, 0.4) is 0 Å². The molecule has 0 atom stereocenters. The van der Waals surface area contributed by atoms with Gasteiger partial charge >= 0.3 is 12.6 Å². The third kappa shape index (κ3) is 4.18. The Morgan fingerprint density at radius 2 is 2.20 bits per heavy atom. The number of hydrogen-bond donors (Lipinski definition) is 2. The van der Waals surface area contributed by atoms with Crippen molar-refractivity contribution in [3.63, 3.8) is 0 Å². The highest BCUT2D eigenvalue weighted by atomic mass is 35.5.